The van der Waals surface area contributed by atoms with Gasteiger partial charge in [0.25, 0.3) is 5.91 Å². The van der Waals surface area contributed by atoms with E-state index in [2.05, 4.69) is 10.5 Å². The normalized spacial score (nSPS) is 10.8. The third-order valence-electron chi connectivity index (χ3n) is 3.00. The predicted molar refractivity (Wildman–Crippen MR) is 84.1 cm³/mol. The molecule has 0 unspecified atom stereocenters. The Balaban J connectivity index is 2.05. The Morgan fingerprint density at radius 3 is 2.33 bits per heavy atom. The minimum absolute atomic E-state index is 0.275. The molecular formula is C16H15ClN2O2. The van der Waals surface area contributed by atoms with Gasteiger partial charge in [-0.05, 0) is 66.9 Å². The highest BCUT2D eigenvalue weighted by atomic mass is 35.5. The second-order valence-corrected chi connectivity index (χ2v) is 5.15. The van der Waals surface area contributed by atoms with Gasteiger partial charge in [-0.15, -0.1) is 0 Å². The number of hydrazone groups is 1. The van der Waals surface area contributed by atoms with Crippen LogP contribution in [0.2, 0.25) is 5.02 Å². The number of hydrogen-bond acceptors (Lipinski definition) is 3. The summed E-state index contributed by atoms with van der Waals surface area (Å²) in [5.74, 6) is -0.0347. The van der Waals surface area contributed by atoms with Crippen molar-refractivity contribution in [1.29, 1.82) is 0 Å². The fourth-order valence-corrected chi connectivity index (χ4v) is 2.02. The van der Waals surface area contributed by atoms with Crippen LogP contribution in [-0.4, -0.2) is 17.2 Å². The summed E-state index contributed by atoms with van der Waals surface area (Å²) in [4.78, 5) is 11.8. The van der Waals surface area contributed by atoms with Crippen molar-refractivity contribution in [2.45, 2.75) is 13.8 Å². The number of carbonyl (C=O) groups excluding carboxylic acids is 1. The number of hydrogen-bond donors (Lipinski definition) is 2. The molecule has 0 aliphatic carbocycles. The van der Waals surface area contributed by atoms with E-state index < -0.39 is 0 Å². The van der Waals surface area contributed by atoms with Gasteiger partial charge in [-0.1, -0.05) is 11.6 Å². The van der Waals surface area contributed by atoms with E-state index in [9.17, 15) is 9.90 Å². The van der Waals surface area contributed by atoms with E-state index in [-0.39, 0.29) is 11.7 Å². The van der Waals surface area contributed by atoms with E-state index in [1.54, 1.807) is 36.4 Å². The Morgan fingerprint density at radius 1 is 1.19 bits per heavy atom. The molecule has 0 fully saturated rings. The van der Waals surface area contributed by atoms with Gasteiger partial charge < -0.3 is 5.11 Å². The van der Waals surface area contributed by atoms with Crippen molar-refractivity contribution in [1.82, 2.24) is 5.43 Å². The molecule has 0 atom stereocenters. The first-order valence-electron chi connectivity index (χ1n) is 6.36. The summed E-state index contributed by atoms with van der Waals surface area (Å²) in [5, 5.41) is 14.2. The zero-order chi connectivity index (χ0) is 15.4. The number of halogens is 1. The number of aryl methyl sites for hydroxylation is 2. The van der Waals surface area contributed by atoms with Crippen LogP contribution in [0.3, 0.4) is 0 Å². The van der Waals surface area contributed by atoms with Crippen molar-refractivity contribution in [2.24, 2.45) is 5.10 Å². The molecule has 0 saturated carbocycles. The fraction of sp³-hybridized carbons (Fsp3) is 0.125. The Hall–Kier alpha value is -2.33. The number of nitrogens with zero attached hydrogens (tertiary/aromatic N) is 1. The van der Waals surface area contributed by atoms with Crippen molar-refractivity contribution in [2.75, 3.05) is 0 Å². The van der Waals surface area contributed by atoms with Gasteiger partial charge in [-0.2, -0.15) is 5.10 Å². The zero-order valence-corrected chi connectivity index (χ0v) is 12.5. The summed E-state index contributed by atoms with van der Waals surface area (Å²) in [6.07, 6.45) is 1.53. The molecule has 21 heavy (non-hydrogen) atoms. The second-order valence-electron chi connectivity index (χ2n) is 4.71. The highest BCUT2D eigenvalue weighted by Crippen LogP contribution is 2.21. The summed E-state index contributed by atoms with van der Waals surface area (Å²) >= 11 is 5.76. The minimum atomic E-state index is -0.310. The summed E-state index contributed by atoms with van der Waals surface area (Å²) in [5.41, 5.74) is 5.26. The van der Waals surface area contributed by atoms with Crippen molar-refractivity contribution in [3.8, 4) is 5.75 Å². The average molecular weight is 303 g/mol. The van der Waals surface area contributed by atoms with Crippen LogP contribution in [-0.2, 0) is 0 Å². The quantitative estimate of drug-likeness (QED) is 0.674. The minimum Gasteiger partial charge on any atom is -0.507 e. The van der Waals surface area contributed by atoms with Crippen LogP contribution < -0.4 is 5.43 Å². The molecule has 0 saturated heterocycles. The first-order chi connectivity index (χ1) is 9.97. The lowest BCUT2D eigenvalue weighted by Crippen LogP contribution is -2.17. The summed E-state index contributed by atoms with van der Waals surface area (Å²) in [6, 6.07) is 10.1. The molecule has 2 aromatic rings. The number of phenols is 1. The molecule has 0 bridgehead atoms. The molecule has 0 aliphatic heterocycles. The van der Waals surface area contributed by atoms with Crippen molar-refractivity contribution in [3.05, 3.63) is 63.7 Å². The maximum absolute atomic E-state index is 11.8. The number of aromatic hydroxyl groups is 1. The molecule has 4 nitrogen and oxygen atoms in total. The molecule has 1 amide bonds. The highest BCUT2D eigenvalue weighted by molar-refractivity contribution is 6.30. The van der Waals surface area contributed by atoms with Crippen LogP contribution in [0.5, 0.6) is 5.75 Å². The highest BCUT2D eigenvalue weighted by Gasteiger charge is 2.04. The van der Waals surface area contributed by atoms with Crippen molar-refractivity contribution < 1.29 is 9.90 Å². The van der Waals surface area contributed by atoms with E-state index in [4.69, 9.17) is 11.6 Å². The number of phenolic OH excluding ortho intramolecular Hbond substituents is 1. The number of benzene rings is 2. The topological polar surface area (TPSA) is 61.7 Å². The maximum Gasteiger partial charge on any atom is 0.271 e. The number of nitrogens with one attached hydrogen (secondary N) is 1. The molecule has 108 valence electrons. The molecular weight excluding hydrogens is 288 g/mol. The Morgan fingerprint density at radius 2 is 1.76 bits per heavy atom. The van der Waals surface area contributed by atoms with E-state index in [1.165, 1.54) is 6.21 Å². The van der Waals surface area contributed by atoms with Gasteiger partial charge in [-0.25, -0.2) is 5.43 Å². The molecule has 2 rings (SSSR count). The lowest BCUT2D eigenvalue weighted by Gasteiger charge is -2.04. The van der Waals surface area contributed by atoms with E-state index in [1.807, 2.05) is 13.8 Å². The van der Waals surface area contributed by atoms with Crippen molar-refractivity contribution in [3.63, 3.8) is 0 Å². The first kappa shape index (κ1) is 15.1. The van der Waals surface area contributed by atoms with Crippen LogP contribution in [0.25, 0.3) is 0 Å². The predicted octanol–water partition coefficient (Wildman–Crippen LogP) is 3.43. The van der Waals surface area contributed by atoms with Crippen LogP contribution in [0.1, 0.15) is 27.0 Å². The van der Waals surface area contributed by atoms with Crippen LogP contribution in [0, 0.1) is 13.8 Å². The van der Waals surface area contributed by atoms with Gasteiger partial charge in [0, 0.05) is 10.6 Å². The van der Waals surface area contributed by atoms with Gasteiger partial charge in [0.2, 0.25) is 0 Å². The summed E-state index contributed by atoms with van der Waals surface area (Å²) < 4.78 is 0. The number of rotatable bonds is 3. The third-order valence-corrected chi connectivity index (χ3v) is 3.25. The van der Waals surface area contributed by atoms with Crippen LogP contribution in [0.15, 0.2) is 41.5 Å². The Kier molecular flexibility index (Phi) is 4.60. The fourth-order valence-electron chi connectivity index (χ4n) is 1.90. The average Bonchev–Trinajstić information content (AvgIpc) is 2.45. The second kappa shape index (κ2) is 6.41. The maximum atomic E-state index is 11.8. The Labute approximate surface area is 128 Å². The molecule has 0 heterocycles. The van der Waals surface area contributed by atoms with E-state index in [0.29, 0.717) is 10.6 Å². The lowest BCUT2D eigenvalue weighted by molar-refractivity contribution is 0.0955. The molecule has 0 spiro atoms. The zero-order valence-electron chi connectivity index (χ0n) is 11.7. The van der Waals surface area contributed by atoms with Crippen molar-refractivity contribution >= 4 is 23.7 Å². The third kappa shape index (κ3) is 3.83. The number of amides is 1. The van der Waals surface area contributed by atoms with Crippen LogP contribution >= 0.6 is 11.6 Å². The molecule has 5 heteroatoms. The van der Waals surface area contributed by atoms with Gasteiger partial charge in [0.05, 0.1) is 6.21 Å². The standard InChI is InChI=1S/C16H15ClN2O2/c1-10-7-12(8-11(2)15(10)20)9-18-19-16(21)13-3-5-14(17)6-4-13/h3-9,20H,1-2H3,(H,19,21). The molecule has 0 aliphatic rings. The monoisotopic (exact) mass is 302 g/mol. The van der Waals surface area contributed by atoms with Gasteiger partial charge >= 0.3 is 0 Å². The smallest absolute Gasteiger partial charge is 0.271 e. The van der Waals surface area contributed by atoms with E-state index in [0.717, 1.165) is 16.7 Å². The lowest BCUT2D eigenvalue weighted by atomic mass is 10.1. The summed E-state index contributed by atoms with van der Waals surface area (Å²) in [6.45, 7) is 3.62. The van der Waals surface area contributed by atoms with E-state index >= 15 is 0 Å². The van der Waals surface area contributed by atoms with Gasteiger partial charge in [0.1, 0.15) is 5.75 Å². The first-order valence-corrected chi connectivity index (χ1v) is 6.74. The molecule has 2 aromatic carbocycles. The largest absolute Gasteiger partial charge is 0.507 e. The Bertz CT molecular complexity index is 671. The van der Waals surface area contributed by atoms with Gasteiger partial charge in [-0.3, -0.25) is 4.79 Å². The molecule has 0 radical (unpaired) electrons. The van der Waals surface area contributed by atoms with Gasteiger partial charge in [0.15, 0.2) is 0 Å². The SMILES string of the molecule is Cc1cc(C=NNC(=O)c2ccc(Cl)cc2)cc(C)c1O. The summed E-state index contributed by atoms with van der Waals surface area (Å²) in [7, 11) is 0. The molecule has 2 N–H and O–H groups in total. The van der Waals surface area contributed by atoms with Crippen LogP contribution in [0.4, 0.5) is 0 Å². The number of carbonyl (C=O) groups is 1. The molecule has 0 aromatic heterocycles.